The van der Waals surface area contributed by atoms with Gasteiger partial charge in [-0.25, -0.2) is 4.98 Å². The van der Waals surface area contributed by atoms with Crippen LogP contribution < -0.4 is 4.74 Å². The number of methoxy groups -OCH3 is 1. The molecule has 0 radical (unpaired) electrons. The number of benzene rings is 1. The van der Waals surface area contributed by atoms with E-state index in [9.17, 15) is 5.11 Å². The maximum atomic E-state index is 9.26. The predicted molar refractivity (Wildman–Crippen MR) is 65.2 cm³/mol. The zero-order valence-corrected chi connectivity index (χ0v) is 10.3. The first-order valence-corrected chi connectivity index (χ1v) is 5.80. The van der Waals surface area contributed by atoms with Gasteiger partial charge in [-0.3, -0.25) is 0 Å². The number of rotatable bonds is 2. The molecule has 0 spiro atoms. The van der Waals surface area contributed by atoms with Crippen LogP contribution in [0.5, 0.6) is 11.6 Å². The summed E-state index contributed by atoms with van der Waals surface area (Å²) < 4.78 is 5.33. The van der Waals surface area contributed by atoms with E-state index in [-0.39, 0.29) is 5.88 Å². The highest BCUT2D eigenvalue weighted by Crippen LogP contribution is 2.35. The van der Waals surface area contributed by atoms with Crippen LogP contribution in [0.3, 0.4) is 0 Å². The smallest absolute Gasteiger partial charge is 0.222 e. The predicted octanol–water partition coefficient (Wildman–Crippen LogP) is 3.14. The molecule has 0 bridgehead atoms. The van der Waals surface area contributed by atoms with Gasteiger partial charge >= 0.3 is 0 Å². The quantitative estimate of drug-likeness (QED) is 0.869. The molecule has 1 heterocycles. The minimum atomic E-state index is 0.0558. The lowest BCUT2D eigenvalue weighted by molar-refractivity contribution is 0.416. The van der Waals surface area contributed by atoms with Gasteiger partial charge in [-0.1, -0.05) is 0 Å². The average molecular weight is 235 g/mol. The van der Waals surface area contributed by atoms with E-state index < -0.39 is 0 Å². The van der Waals surface area contributed by atoms with Crippen molar-refractivity contribution in [2.24, 2.45) is 0 Å². The van der Waals surface area contributed by atoms with Crippen molar-refractivity contribution >= 4 is 11.3 Å². The fraction of sp³-hybridized carbons (Fsp3) is 0.250. The standard InChI is InChI=1S/C12H13NO2S/c1-7-4-9(10(15-3)5-8(7)2)12-13-11(14)6-16-12/h4-6,14H,1-3H3. The van der Waals surface area contributed by atoms with E-state index in [1.54, 1.807) is 12.5 Å². The van der Waals surface area contributed by atoms with E-state index in [4.69, 9.17) is 4.74 Å². The number of thiazole rings is 1. The summed E-state index contributed by atoms with van der Waals surface area (Å²) in [7, 11) is 1.64. The monoisotopic (exact) mass is 235 g/mol. The van der Waals surface area contributed by atoms with Gasteiger partial charge < -0.3 is 9.84 Å². The molecule has 0 unspecified atom stereocenters. The molecule has 4 heteroatoms. The zero-order chi connectivity index (χ0) is 11.7. The summed E-state index contributed by atoms with van der Waals surface area (Å²) in [5.74, 6) is 0.845. The number of ether oxygens (including phenoxy) is 1. The van der Waals surface area contributed by atoms with Crippen molar-refractivity contribution in [3.05, 3.63) is 28.6 Å². The van der Waals surface area contributed by atoms with E-state index in [0.717, 1.165) is 16.3 Å². The first-order chi connectivity index (χ1) is 7.61. The molecule has 0 atom stereocenters. The van der Waals surface area contributed by atoms with E-state index in [0.29, 0.717) is 0 Å². The lowest BCUT2D eigenvalue weighted by Crippen LogP contribution is -1.91. The molecule has 1 aromatic heterocycles. The lowest BCUT2D eigenvalue weighted by atomic mass is 10.1. The van der Waals surface area contributed by atoms with Gasteiger partial charge in [-0.15, -0.1) is 11.3 Å². The van der Waals surface area contributed by atoms with Gasteiger partial charge in [0, 0.05) is 0 Å². The minimum Gasteiger partial charge on any atom is -0.496 e. The van der Waals surface area contributed by atoms with Crippen molar-refractivity contribution in [2.75, 3.05) is 7.11 Å². The molecule has 3 nitrogen and oxygen atoms in total. The Kier molecular flexibility index (Phi) is 2.83. The molecule has 0 fully saturated rings. The first-order valence-electron chi connectivity index (χ1n) is 4.92. The molecule has 1 N–H and O–H groups in total. The fourth-order valence-corrected chi connectivity index (χ4v) is 2.22. The van der Waals surface area contributed by atoms with Gasteiger partial charge in [0.2, 0.25) is 5.88 Å². The highest BCUT2D eigenvalue weighted by molar-refractivity contribution is 7.13. The van der Waals surface area contributed by atoms with Crippen LogP contribution in [0.15, 0.2) is 17.5 Å². The van der Waals surface area contributed by atoms with Crippen LogP contribution in [-0.4, -0.2) is 17.2 Å². The molecule has 0 amide bonds. The molecule has 0 aliphatic carbocycles. The summed E-state index contributed by atoms with van der Waals surface area (Å²) in [6.45, 7) is 4.09. The third-order valence-electron chi connectivity index (χ3n) is 2.54. The Morgan fingerprint density at radius 1 is 1.25 bits per heavy atom. The van der Waals surface area contributed by atoms with Crippen LogP contribution in [0.2, 0.25) is 0 Å². The first kappa shape index (κ1) is 11.0. The third-order valence-corrected chi connectivity index (χ3v) is 3.40. The minimum absolute atomic E-state index is 0.0558. The Morgan fingerprint density at radius 3 is 2.50 bits per heavy atom. The number of hydrogen-bond acceptors (Lipinski definition) is 4. The highest BCUT2D eigenvalue weighted by Gasteiger charge is 2.11. The van der Waals surface area contributed by atoms with Gasteiger partial charge in [0.1, 0.15) is 10.8 Å². The van der Waals surface area contributed by atoms with Gasteiger partial charge in [0.25, 0.3) is 0 Å². The Bertz CT molecular complexity index is 520. The van der Waals surface area contributed by atoms with E-state index in [1.165, 1.54) is 22.5 Å². The highest BCUT2D eigenvalue weighted by atomic mass is 32.1. The maximum Gasteiger partial charge on any atom is 0.222 e. The van der Waals surface area contributed by atoms with Gasteiger partial charge in [0.15, 0.2) is 0 Å². The van der Waals surface area contributed by atoms with Crippen molar-refractivity contribution < 1.29 is 9.84 Å². The van der Waals surface area contributed by atoms with Crippen LogP contribution in [0.1, 0.15) is 11.1 Å². The Morgan fingerprint density at radius 2 is 1.94 bits per heavy atom. The summed E-state index contributed by atoms with van der Waals surface area (Å²) >= 11 is 1.41. The maximum absolute atomic E-state index is 9.26. The summed E-state index contributed by atoms with van der Waals surface area (Å²) in [4.78, 5) is 4.05. The van der Waals surface area contributed by atoms with Crippen molar-refractivity contribution in [3.63, 3.8) is 0 Å². The van der Waals surface area contributed by atoms with E-state index in [2.05, 4.69) is 4.98 Å². The van der Waals surface area contributed by atoms with Gasteiger partial charge in [-0.2, -0.15) is 0 Å². The topological polar surface area (TPSA) is 42.4 Å². The van der Waals surface area contributed by atoms with Crippen LogP contribution >= 0.6 is 11.3 Å². The lowest BCUT2D eigenvalue weighted by Gasteiger charge is -2.09. The summed E-state index contributed by atoms with van der Waals surface area (Å²) in [6, 6.07) is 4.02. The second-order valence-electron chi connectivity index (χ2n) is 3.65. The third kappa shape index (κ3) is 1.88. The normalized spacial score (nSPS) is 10.4. The molecule has 84 valence electrons. The molecule has 0 saturated heterocycles. The van der Waals surface area contributed by atoms with Crippen LogP contribution in [0.25, 0.3) is 10.6 Å². The van der Waals surface area contributed by atoms with Crippen molar-refractivity contribution in [1.82, 2.24) is 4.98 Å². The molecule has 0 aliphatic rings. The second-order valence-corrected chi connectivity index (χ2v) is 4.51. The van der Waals surface area contributed by atoms with Gasteiger partial charge in [0.05, 0.1) is 18.1 Å². The number of aryl methyl sites for hydroxylation is 2. The van der Waals surface area contributed by atoms with E-state index in [1.807, 2.05) is 26.0 Å². The second kappa shape index (κ2) is 4.14. The van der Waals surface area contributed by atoms with Crippen molar-refractivity contribution in [1.29, 1.82) is 0 Å². The zero-order valence-electron chi connectivity index (χ0n) is 9.44. The molecule has 2 rings (SSSR count). The molecule has 2 aromatic rings. The van der Waals surface area contributed by atoms with E-state index >= 15 is 0 Å². The van der Waals surface area contributed by atoms with Crippen molar-refractivity contribution in [2.45, 2.75) is 13.8 Å². The van der Waals surface area contributed by atoms with Crippen LogP contribution in [-0.2, 0) is 0 Å². The van der Waals surface area contributed by atoms with Crippen LogP contribution in [0, 0.1) is 13.8 Å². The molecular formula is C12H13NO2S. The Labute approximate surface area is 98.4 Å². The van der Waals surface area contributed by atoms with Crippen molar-refractivity contribution in [3.8, 4) is 22.2 Å². The largest absolute Gasteiger partial charge is 0.496 e. The Balaban J connectivity index is 2.59. The average Bonchev–Trinajstić information content (AvgIpc) is 2.68. The number of aromatic nitrogens is 1. The molecular weight excluding hydrogens is 222 g/mol. The molecule has 0 saturated carbocycles. The van der Waals surface area contributed by atoms with Gasteiger partial charge in [-0.05, 0) is 37.1 Å². The number of aromatic hydroxyl groups is 1. The summed E-state index contributed by atoms with van der Waals surface area (Å²) in [6.07, 6.45) is 0. The fourth-order valence-electron chi connectivity index (χ4n) is 1.51. The molecule has 0 aliphatic heterocycles. The van der Waals surface area contributed by atoms with Crippen LogP contribution in [0.4, 0.5) is 0 Å². The number of hydrogen-bond donors (Lipinski definition) is 1. The summed E-state index contributed by atoms with van der Waals surface area (Å²) in [5.41, 5.74) is 3.29. The molecule has 1 aromatic carbocycles. The molecule has 16 heavy (non-hydrogen) atoms. The Hall–Kier alpha value is -1.55. The number of nitrogens with zero attached hydrogens (tertiary/aromatic N) is 1. The SMILES string of the molecule is COc1cc(C)c(C)cc1-c1nc(O)cs1. The summed E-state index contributed by atoms with van der Waals surface area (Å²) in [5, 5.41) is 11.7.